The number of hydrogen-bond donors (Lipinski definition) is 0. The first-order chi connectivity index (χ1) is 7.69. The van der Waals surface area contributed by atoms with Crippen molar-refractivity contribution < 1.29 is 9.47 Å². The Morgan fingerprint density at radius 3 is 2.88 bits per heavy atom. The zero-order chi connectivity index (χ0) is 11.2. The van der Waals surface area contributed by atoms with Crippen LogP contribution in [0.2, 0.25) is 0 Å². The molecule has 0 radical (unpaired) electrons. The summed E-state index contributed by atoms with van der Waals surface area (Å²) < 4.78 is 11.9. The highest BCUT2D eigenvalue weighted by Crippen LogP contribution is 2.51. The lowest BCUT2D eigenvalue weighted by molar-refractivity contribution is -0.0213. The topological polar surface area (TPSA) is 21.8 Å². The molecule has 0 aromatic heterocycles. The Morgan fingerprint density at radius 1 is 1.19 bits per heavy atom. The number of ether oxygens (including phenoxy) is 2. The van der Waals surface area contributed by atoms with Gasteiger partial charge in [-0.25, -0.2) is 0 Å². The molecule has 2 heteroatoms. The first-order valence-corrected chi connectivity index (χ1v) is 6.98. The highest BCUT2D eigenvalue weighted by atomic mass is 16.6. The largest absolute Gasteiger partial charge is 0.378 e. The average molecular weight is 224 g/mol. The van der Waals surface area contributed by atoms with Crippen LogP contribution in [0, 0.1) is 11.8 Å². The molecule has 3 rings (SSSR count). The molecule has 5 unspecified atom stereocenters. The molecule has 0 amide bonds. The van der Waals surface area contributed by atoms with E-state index in [-0.39, 0.29) is 5.60 Å². The van der Waals surface area contributed by atoms with Crippen LogP contribution in [-0.4, -0.2) is 24.4 Å². The van der Waals surface area contributed by atoms with Crippen molar-refractivity contribution in [2.45, 2.75) is 70.2 Å². The molecule has 1 aliphatic carbocycles. The summed E-state index contributed by atoms with van der Waals surface area (Å²) in [4.78, 5) is 0. The van der Waals surface area contributed by atoms with Gasteiger partial charge in [-0.3, -0.25) is 0 Å². The second-order valence-electron chi connectivity index (χ2n) is 6.26. The van der Waals surface area contributed by atoms with Gasteiger partial charge in [0.1, 0.15) is 0 Å². The molecule has 3 aliphatic rings. The van der Waals surface area contributed by atoms with Gasteiger partial charge >= 0.3 is 0 Å². The lowest BCUT2D eigenvalue weighted by Crippen LogP contribution is -2.35. The van der Waals surface area contributed by atoms with Crippen molar-refractivity contribution in [2.75, 3.05) is 6.61 Å². The van der Waals surface area contributed by atoms with Crippen LogP contribution in [-0.2, 0) is 9.47 Å². The Morgan fingerprint density at radius 2 is 2.06 bits per heavy atom. The van der Waals surface area contributed by atoms with E-state index in [0.29, 0.717) is 12.2 Å². The van der Waals surface area contributed by atoms with Gasteiger partial charge in [-0.15, -0.1) is 0 Å². The van der Waals surface area contributed by atoms with Crippen molar-refractivity contribution in [1.29, 1.82) is 0 Å². The summed E-state index contributed by atoms with van der Waals surface area (Å²) in [5.74, 6) is 1.50. The minimum absolute atomic E-state index is 0.254. The van der Waals surface area contributed by atoms with E-state index in [1.807, 2.05) is 0 Å². The number of epoxide rings is 1. The molecule has 0 aromatic carbocycles. The van der Waals surface area contributed by atoms with Crippen molar-refractivity contribution in [1.82, 2.24) is 0 Å². The van der Waals surface area contributed by atoms with Gasteiger partial charge in [-0.05, 0) is 50.9 Å². The Bertz CT molecular complexity index is 265. The number of fused-ring (bicyclic) bond motifs is 1. The van der Waals surface area contributed by atoms with E-state index in [2.05, 4.69) is 13.8 Å². The zero-order valence-corrected chi connectivity index (χ0v) is 10.6. The molecule has 5 atom stereocenters. The summed E-state index contributed by atoms with van der Waals surface area (Å²) in [5, 5.41) is 0. The third-order valence-electron chi connectivity index (χ3n) is 4.95. The van der Waals surface area contributed by atoms with E-state index in [1.54, 1.807) is 0 Å². The van der Waals surface area contributed by atoms with E-state index in [4.69, 9.17) is 9.47 Å². The highest BCUT2D eigenvalue weighted by molar-refractivity contribution is 5.04. The monoisotopic (exact) mass is 224 g/mol. The van der Waals surface area contributed by atoms with Crippen LogP contribution in [0.1, 0.15) is 52.4 Å². The van der Waals surface area contributed by atoms with Gasteiger partial charge in [0.25, 0.3) is 0 Å². The van der Waals surface area contributed by atoms with Crippen LogP contribution in [0.3, 0.4) is 0 Å². The van der Waals surface area contributed by atoms with Crippen LogP contribution in [0.4, 0.5) is 0 Å². The van der Waals surface area contributed by atoms with Crippen molar-refractivity contribution in [3.63, 3.8) is 0 Å². The molecule has 0 spiro atoms. The van der Waals surface area contributed by atoms with E-state index in [0.717, 1.165) is 18.4 Å². The fourth-order valence-electron chi connectivity index (χ4n) is 3.69. The maximum absolute atomic E-state index is 6.10. The third kappa shape index (κ3) is 1.91. The number of rotatable bonds is 1. The fourth-order valence-corrected chi connectivity index (χ4v) is 3.69. The highest BCUT2D eigenvalue weighted by Gasteiger charge is 2.56. The Labute approximate surface area is 98.7 Å². The van der Waals surface area contributed by atoms with E-state index in [9.17, 15) is 0 Å². The van der Waals surface area contributed by atoms with E-state index < -0.39 is 0 Å². The molecule has 92 valence electrons. The summed E-state index contributed by atoms with van der Waals surface area (Å²) in [6, 6.07) is 0. The smallest absolute Gasteiger partial charge is 0.0920 e. The number of hydrogen-bond acceptors (Lipinski definition) is 2. The van der Waals surface area contributed by atoms with Crippen LogP contribution >= 0.6 is 0 Å². The minimum Gasteiger partial charge on any atom is -0.378 e. The van der Waals surface area contributed by atoms with Crippen molar-refractivity contribution in [2.24, 2.45) is 11.8 Å². The molecule has 2 nitrogen and oxygen atoms in total. The molecule has 2 saturated heterocycles. The van der Waals surface area contributed by atoms with Gasteiger partial charge in [0, 0.05) is 6.61 Å². The van der Waals surface area contributed by atoms with Gasteiger partial charge in [0.2, 0.25) is 0 Å². The summed E-state index contributed by atoms with van der Waals surface area (Å²) >= 11 is 0. The molecule has 1 saturated carbocycles. The van der Waals surface area contributed by atoms with Gasteiger partial charge in [-0.2, -0.15) is 0 Å². The third-order valence-corrected chi connectivity index (χ3v) is 4.95. The summed E-state index contributed by atoms with van der Waals surface area (Å²) in [6.45, 7) is 5.62. The SMILES string of the molecule is CC1CCCCOC1C1CCC2(C)OC2C1. The predicted molar refractivity (Wildman–Crippen MR) is 63.4 cm³/mol. The maximum Gasteiger partial charge on any atom is 0.0920 e. The lowest BCUT2D eigenvalue weighted by atomic mass is 9.76. The summed E-state index contributed by atoms with van der Waals surface area (Å²) in [6.07, 6.45) is 8.81. The molecular weight excluding hydrogens is 200 g/mol. The Balaban J connectivity index is 1.63. The van der Waals surface area contributed by atoms with Crippen molar-refractivity contribution >= 4 is 0 Å². The first-order valence-electron chi connectivity index (χ1n) is 6.98. The molecule has 2 heterocycles. The predicted octanol–water partition coefficient (Wildman–Crippen LogP) is 3.15. The molecule has 16 heavy (non-hydrogen) atoms. The second kappa shape index (κ2) is 3.99. The fraction of sp³-hybridized carbons (Fsp3) is 1.00. The van der Waals surface area contributed by atoms with Crippen molar-refractivity contribution in [3.05, 3.63) is 0 Å². The first kappa shape index (κ1) is 11.0. The van der Waals surface area contributed by atoms with Gasteiger partial charge in [0.15, 0.2) is 0 Å². The van der Waals surface area contributed by atoms with E-state index in [1.165, 1.54) is 38.5 Å². The van der Waals surface area contributed by atoms with Gasteiger partial charge < -0.3 is 9.47 Å². The minimum atomic E-state index is 0.254. The summed E-state index contributed by atoms with van der Waals surface area (Å²) in [5.41, 5.74) is 0.254. The molecular formula is C14H24O2. The van der Waals surface area contributed by atoms with Gasteiger partial charge in [0.05, 0.1) is 17.8 Å². The van der Waals surface area contributed by atoms with Crippen LogP contribution in [0.15, 0.2) is 0 Å². The Kier molecular flexibility index (Phi) is 2.75. The average Bonchev–Trinajstić information content (AvgIpc) is 2.96. The maximum atomic E-state index is 6.10. The molecule has 0 N–H and O–H groups in total. The molecule has 3 fully saturated rings. The Hall–Kier alpha value is -0.0800. The second-order valence-corrected chi connectivity index (χ2v) is 6.26. The zero-order valence-electron chi connectivity index (χ0n) is 10.6. The molecule has 0 bridgehead atoms. The van der Waals surface area contributed by atoms with Crippen LogP contribution in [0.5, 0.6) is 0 Å². The van der Waals surface area contributed by atoms with Crippen LogP contribution in [0.25, 0.3) is 0 Å². The standard InChI is InChI=1S/C14H24O2/c1-10-5-3-4-8-15-13(10)11-6-7-14(2)12(9-11)16-14/h10-13H,3-9H2,1-2H3. The lowest BCUT2D eigenvalue weighted by Gasteiger charge is -2.33. The van der Waals surface area contributed by atoms with E-state index >= 15 is 0 Å². The summed E-state index contributed by atoms with van der Waals surface area (Å²) in [7, 11) is 0. The quantitative estimate of drug-likeness (QED) is 0.638. The van der Waals surface area contributed by atoms with Crippen molar-refractivity contribution in [3.8, 4) is 0 Å². The van der Waals surface area contributed by atoms with Crippen LogP contribution < -0.4 is 0 Å². The molecule has 2 aliphatic heterocycles. The van der Waals surface area contributed by atoms with Gasteiger partial charge in [-0.1, -0.05) is 13.3 Å². The normalized spacial score (nSPS) is 52.9. The molecule has 0 aromatic rings.